The van der Waals surface area contributed by atoms with Crippen molar-refractivity contribution < 1.29 is 24.3 Å². The van der Waals surface area contributed by atoms with Gasteiger partial charge in [0.1, 0.15) is 11.7 Å². The van der Waals surface area contributed by atoms with E-state index in [1.807, 2.05) is 42.5 Å². The van der Waals surface area contributed by atoms with Gasteiger partial charge in [-0.25, -0.2) is 0 Å². The van der Waals surface area contributed by atoms with Gasteiger partial charge in [0, 0.05) is 0 Å². The summed E-state index contributed by atoms with van der Waals surface area (Å²) in [4.78, 5) is 47.8. The van der Waals surface area contributed by atoms with Gasteiger partial charge in [-0.15, -0.1) is 0 Å². The van der Waals surface area contributed by atoms with Crippen LogP contribution in [0.2, 0.25) is 0 Å². The minimum absolute atomic E-state index is 0.100. The lowest BCUT2D eigenvalue weighted by molar-refractivity contribution is -0.139. The van der Waals surface area contributed by atoms with Gasteiger partial charge in [-0.2, -0.15) is 0 Å². The first-order valence-corrected chi connectivity index (χ1v) is 9.47. The van der Waals surface area contributed by atoms with Gasteiger partial charge in [-0.3, -0.25) is 14.4 Å². The number of benzene rings is 2. The summed E-state index contributed by atoms with van der Waals surface area (Å²) in [6.07, 6.45) is -0.404. The number of rotatable bonds is 9. The summed E-state index contributed by atoms with van der Waals surface area (Å²) >= 11 is 0. The van der Waals surface area contributed by atoms with Crippen molar-refractivity contribution in [3.8, 4) is 0 Å². The molecule has 0 fully saturated rings. The van der Waals surface area contributed by atoms with E-state index in [1.54, 1.807) is 13.8 Å². The molecule has 0 aliphatic carbocycles. The molecular weight excluding hydrogens is 371 g/mol. The number of hydrogen-bond donors (Lipinski definition) is 3. The Morgan fingerprint density at radius 2 is 1.66 bits per heavy atom. The quantitative estimate of drug-likeness (QED) is 0.539. The van der Waals surface area contributed by atoms with Crippen LogP contribution < -0.4 is 10.6 Å². The molecule has 0 aliphatic heterocycles. The van der Waals surface area contributed by atoms with Gasteiger partial charge >= 0.3 is 5.97 Å². The molecule has 0 saturated carbocycles. The molecule has 8 heteroatoms. The van der Waals surface area contributed by atoms with Gasteiger partial charge < -0.3 is 20.5 Å². The van der Waals surface area contributed by atoms with Crippen LogP contribution in [0.15, 0.2) is 42.5 Å². The average Bonchev–Trinajstić information content (AvgIpc) is 2.65. The maximum atomic E-state index is 12.6. The molecule has 0 bridgehead atoms. The van der Waals surface area contributed by atoms with E-state index in [4.69, 9.17) is 5.11 Å². The molecule has 2 rings (SSSR count). The van der Waals surface area contributed by atoms with E-state index in [-0.39, 0.29) is 18.2 Å². The Labute approximate surface area is 170 Å². The van der Waals surface area contributed by atoms with Crippen LogP contribution in [0.3, 0.4) is 0 Å². The number of nitrogens with one attached hydrogen (secondary N) is 2. The number of fused-ring (bicyclic) bond motifs is 1. The normalized spacial score (nSPS) is 12.9. The Morgan fingerprint density at radius 3 is 2.28 bits per heavy atom. The molecule has 0 aromatic heterocycles. The van der Waals surface area contributed by atoms with E-state index in [0.717, 1.165) is 16.3 Å². The predicted octanol–water partition coefficient (Wildman–Crippen LogP) is 0.642. The second kappa shape index (κ2) is 9.86. The fourth-order valence-electron chi connectivity index (χ4n) is 3.11. The standard InChI is InChI=1S/C21H25BN2O5/c1-12(2)19(21(29)23-16(20(22)28)11-18(26)27)24-17(25)10-14-8-5-7-13-6-3-4-9-15(13)14/h3-9,12,16,19H,10-11,22H2,1-2H3,(H,23,29)(H,24,25)(H,26,27)/t16-,19-/m0/s1. The molecular formula is C21H25BN2O5. The first-order valence-electron chi connectivity index (χ1n) is 9.47. The van der Waals surface area contributed by atoms with E-state index in [1.165, 1.54) is 7.85 Å². The number of carbonyl (C=O) groups is 4. The molecule has 2 aromatic rings. The van der Waals surface area contributed by atoms with Crippen molar-refractivity contribution in [1.29, 1.82) is 0 Å². The molecule has 7 nitrogen and oxygen atoms in total. The van der Waals surface area contributed by atoms with Gasteiger partial charge in [0.2, 0.25) is 11.8 Å². The third-order valence-corrected chi connectivity index (χ3v) is 4.68. The maximum Gasteiger partial charge on any atom is 0.305 e. The highest BCUT2D eigenvalue weighted by Crippen LogP contribution is 2.19. The molecule has 0 unspecified atom stereocenters. The first kappa shape index (κ1) is 22.1. The molecule has 2 amide bonds. The highest BCUT2D eigenvalue weighted by atomic mass is 16.4. The van der Waals surface area contributed by atoms with Crippen molar-refractivity contribution in [3.63, 3.8) is 0 Å². The van der Waals surface area contributed by atoms with Crippen LogP contribution in [0.1, 0.15) is 25.8 Å². The fourth-order valence-corrected chi connectivity index (χ4v) is 3.11. The highest BCUT2D eigenvalue weighted by molar-refractivity contribution is 6.59. The van der Waals surface area contributed by atoms with Crippen LogP contribution in [-0.4, -0.2) is 48.5 Å². The maximum absolute atomic E-state index is 12.6. The summed E-state index contributed by atoms with van der Waals surface area (Å²) in [6.45, 7) is 3.53. The highest BCUT2D eigenvalue weighted by Gasteiger charge is 2.28. The minimum Gasteiger partial charge on any atom is -0.481 e. The number of aliphatic carboxylic acids is 1. The summed E-state index contributed by atoms with van der Waals surface area (Å²) in [5.41, 5.74) is 0.390. The largest absolute Gasteiger partial charge is 0.481 e. The number of amides is 2. The van der Waals surface area contributed by atoms with E-state index in [2.05, 4.69) is 10.6 Å². The van der Waals surface area contributed by atoms with Gasteiger partial charge in [0.25, 0.3) is 0 Å². The minimum atomic E-state index is -1.19. The zero-order valence-electron chi connectivity index (χ0n) is 16.8. The van der Waals surface area contributed by atoms with E-state index < -0.39 is 36.1 Å². The Balaban J connectivity index is 2.11. The van der Waals surface area contributed by atoms with E-state index >= 15 is 0 Å². The van der Waals surface area contributed by atoms with Crippen LogP contribution >= 0.6 is 0 Å². The second-order valence-electron chi connectivity index (χ2n) is 7.37. The Bertz CT molecular complexity index is 923. The van der Waals surface area contributed by atoms with Crippen molar-refractivity contribution in [2.24, 2.45) is 5.92 Å². The third kappa shape index (κ3) is 6.17. The fraction of sp³-hybridized carbons (Fsp3) is 0.333. The van der Waals surface area contributed by atoms with Crippen LogP contribution in [-0.2, 0) is 25.6 Å². The van der Waals surface area contributed by atoms with Gasteiger partial charge in [-0.1, -0.05) is 56.3 Å². The van der Waals surface area contributed by atoms with Gasteiger partial charge in [0.15, 0.2) is 7.85 Å². The topological polar surface area (TPSA) is 113 Å². The number of carboxylic acids is 1. The average molecular weight is 396 g/mol. The molecule has 29 heavy (non-hydrogen) atoms. The first-order chi connectivity index (χ1) is 13.7. The molecule has 0 aliphatic rings. The summed E-state index contributed by atoms with van der Waals surface area (Å²) < 4.78 is 0. The van der Waals surface area contributed by atoms with Crippen molar-refractivity contribution in [2.75, 3.05) is 0 Å². The predicted molar refractivity (Wildman–Crippen MR) is 112 cm³/mol. The SMILES string of the molecule is BC(=O)[C@H](CC(=O)O)NC(=O)[C@@H](NC(=O)Cc1cccc2ccccc12)C(C)C. The van der Waals surface area contributed by atoms with Crippen molar-refractivity contribution in [3.05, 3.63) is 48.0 Å². The van der Waals surface area contributed by atoms with E-state index in [9.17, 15) is 19.2 Å². The number of carbonyl (C=O) groups excluding carboxylic acids is 3. The lowest BCUT2D eigenvalue weighted by Crippen LogP contribution is -2.54. The summed E-state index contributed by atoms with van der Waals surface area (Å²) in [7, 11) is 1.22. The van der Waals surface area contributed by atoms with Crippen molar-refractivity contribution in [2.45, 2.75) is 38.8 Å². The molecule has 2 atom stereocenters. The smallest absolute Gasteiger partial charge is 0.305 e. The van der Waals surface area contributed by atoms with Crippen molar-refractivity contribution >= 4 is 42.1 Å². The zero-order chi connectivity index (χ0) is 21.6. The third-order valence-electron chi connectivity index (χ3n) is 4.68. The summed E-state index contributed by atoms with van der Waals surface area (Å²) in [5, 5.41) is 16.1. The van der Waals surface area contributed by atoms with Crippen molar-refractivity contribution in [1.82, 2.24) is 10.6 Å². The number of hydrogen-bond acceptors (Lipinski definition) is 4. The number of carboxylic acid groups (broad SMARTS) is 1. The van der Waals surface area contributed by atoms with E-state index in [0.29, 0.717) is 0 Å². The van der Waals surface area contributed by atoms with Crippen LogP contribution in [0.5, 0.6) is 0 Å². The monoisotopic (exact) mass is 396 g/mol. The lowest BCUT2D eigenvalue weighted by atomic mass is 9.92. The van der Waals surface area contributed by atoms with Crippen LogP contribution in [0, 0.1) is 5.92 Å². The van der Waals surface area contributed by atoms with Crippen LogP contribution in [0.25, 0.3) is 10.8 Å². The molecule has 2 aromatic carbocycles. The summed E-state index contributed by atoms with van der Waals surface area (Å²) in [6, 6.07) is 11.4. The molecule has 3 N–H and O–H groups in total. The lowest BCUT2D eigenvalue weighted by Gasteiger charge is -2.24. The van der Waals surface area contributed by atoms with Gasteiger partial charge in [0.05, 0.1) is 18.9 Å². The van der Waals surface area contributed by atoms with Gasteiger partial charge in [-0.05, 0) is 22.3 Å². The molecule has 0 spiro atoms. The molecule has 152 valence electrons. The molecule has 0 radical (unpaired) electrons. The summed E-state index contributed by atoms with van der Waals surface area (Å²) in [5.74, 6) is -2.34. The Morgan fingerprint density at radius 1 is 1.00 bits per heavy atom. The molecule has 0 heterocycles. The second-order valence-corrected chi connectivity index (χ2v) is 7.37. The molecule has 0 saturated heterocycles. The Kier molecular flexibility index (Phi) is 7.53. The Hall–Kier alpha value is -3.16. The van der Waals surface area contributed by atoms with Crippen LogP contribution in [0.4, 0.5) is 0 Å². The zero-order valence-corrected chi connectivity index (χ0v) is 16.8.